The Morgan fingerprint density at radius 1 is 1.67 bits per heavy atom. The van der Waals surface area contributed by atoms with Crippen LogP contribution >= 0.6 is 0 Å². The van der Waals surface area contributed by atoms with E-state index in [0.29, 0.717) is 12.8 Å². The Morgan fingerprint density at radius 3 is 2.58 bits per heavy atom. The molecule has 0 saturated carbocycles. The van der Waals surface area contributed by atoms with Gasteiger partial charge in [0.25, 0.3) is 0 Å². The number of hydrogen-bond donors (Lipinski definition) is 2. The minimum Gasteiger partial charge on any atom is -0.480 e. The number of hydrogen-bond acceptors (Lipinski definition) is 2. The molecular weight excluding hydrogens is 158 g/mol. The number of carbonyl (C=O) groups is 2. The number of carboxylic acid groups (broad SMARTS) is 1. The van der Waals surface area contributed by atoms with Gasteiger partial charge in [-0.2, -0.15) is 0 Å². The molecule has 4 nitrogen and oxygen atoms in total. The number of aliphatic carboxylic acids is 1. The fourth-order valence-electron chi connectivity index (χ4n) is 0.787. The molecule has 0 radical (unpaired) electrons. The lowest BCUT2D eigenvalue weighted by atomic mass is 10.1. The van der Waals surface area contributed by atoms with Crippen LogP contribution in [0.1, 0.15) is 19.8 Å². The normalized spacial score (nSPS) is 11.8. The van der Waals surface area contributed by atoms with Gasteiger partial charge in [0.1, 0.15) is 6.04 Å². The second-order valence-electron chi connectivity index (χ2n) is 2.46. The van der Waals surface area contributed by atoms with Crippen molar-refractivity contribution in [1.82, 2.24) is 5.32 Å². The molecule has 4 heteroatoms. The second kappa shape index (κ2) is 5.35. The number of carboxylic acids is 1. The van der Waals surface area contributed by atoms with E-state index < -0.39 is 12.0 Å². The van der Waals surface area contributed by atoms with Crippen LogP contribution in [0.2, 0.25) is 0 Å². The first-order valence-electron chi connectivity index (χ1n) is 3.68. The minimum atomic E-state index is -1.01. The summed E-state index contributed by atoms with van der Waals surface area (Å²) in [5.41, 5.74) is 0. The lowest BCUT2D eigenvalue weighted by molar-refractivity contribution is -0.141. The zero-order chi connectivity index (χ0) is 9.56. The fraction of sp³-hybridized carbons (Fsp3) is 0.500. The van der Waals surface area contributed by atoms with E-state index in [1.165, 1.54) is 6.92 Å². The van der Waals surface area contributed by atoms with Gasteiger partial charge in [0.15, 0.2) is 0 Å². The molecule has 1 atom stereocenters. The number of amides is 1. The predicted molar refractivity (Wildman–Crippen MR) is 44.7 cm³/mol. The summed E-state index contributed by atoms with van der Waals surface area (Å²) in [5.74, 6) is -1.33. The topological polar surface area (TPSA) is 66.4 Å². The van der Waals surface area contributed by atoms with Gasteiger partial charge in [0.05, 0.1) is 0 Å². The van der Waals surface area contributed by atoms with Crippen molar-refractivity contribution in [2.75, 3.05) is 0 Å². The summed E-state index contributed by atoms with van der Waals surface area (Å²) in [6.07, 6.45) is 2.59. The molecule has 0 spiro atoms. The molecule has 0 saturated heterocycles. The highest BCUT2D eigenvalue weighted by Gasteiger charge is 2.16. The maximum absolute atomic E-state index is 10.5. The first-order valence-corrected chi connectivity index (χ1v) is 3.68. The van der Waals surface area contributed by atoms with Gasteiger partial charge in [-0.25, -0.2) is 4.79 Å². The van der Waals surface area contributed by atoms with Crippen LogP contribution in [0.4, 0.5) is 0 Å². The van der Waals surface area contributed by atoms with Crippen LogP contribution in [0.25, 0.3) is 0 Å². The Balaban J connectivity index is 3.94. The van der Waals surface area contributed by atoms with Crippen LogP contribution in [0.15, 0.2) is 12.7 Å². The van der Waals surface area contributed by atoms with E-state index >= 15 is 0 Å². The molecule has 12 heavy (non-hydrogen) atoms. The molecule has 1 unspecified atom stereocenters. The Hall–Kier alpha value is -1.32. The van der Waals surface area contributed by atoms with Gasteiger partial charge < -0.3 is 10.4 Å². The third-order valence-electron chi connectivity index (χ3n) is 1.34. The first kappa shape index (κ1) is 10.7. The van der Waals surface area contributed by atoms with Crippen molar-refractivity contribution in [3.05, 3.63) is 12.7 Å². The highest BCUT2D eigenvalue weighted by molar-refractivity contribution is 5.81. The van der Waals surface area contributed by atoms with Crippen LogP contribution in [-0.4, -0.2) is 23.0 Å². The molecule has 0 aliphatic heterocycles. The Labute approximate surface area is 71.3 Å². The highest BCUT2D eigenvalue weighted by atomic mass is 16.4. The second-order valence-corrected chi connectivity index (χ2v) is 2.46. The summed E-state index contributed by atoms with van der Waals surface area (Å²) in [6.45, 7) is 4.76. The van der Waals surface area contributed by atoms with Crippen LogP contribution in [0.3, 0.4) is 0 Å². The van der Waals surface area contributed by atoms with E-state index in [1.54, 1.807) is 6.08 Å². The molecule has 68 valence electrons. The SMILES string of the molecule is C=CCCC(NC(C)=O)C(=O)O. The third-order valence-corrected chi connectivity index (χ3v) is 1.34. The first-order chi connectivity index (χ1) is 5.57. The molecule has 0 aromatic heterocycles. The molecule has 0 fully saturated rings. The van der Waals surface area contributed by atoms with Crippen molar-refractivity contribution in [1.29, 1.82) is 0 Å². The van der Waals surface area contributed by atoms with Crippen molar-refractivity contribution in [2.24, 2.45) is 0 Å². The van der Waals surface area contributed by atoms with E-state index in [4.69, 9.17) is 5.11 Å². The molecule has 0 aromatic rings. The average Bonchev–Trinajstić information content (AvgIpc) is 1.96. The fourth-order valence-corrected chi connectivity index (χ4v) is 0.787. The number of allylic oxidation sites excluding steroid dienone is 1. The monoisotopic (exact) mass is 171 g/mol. The van der Waals surface area contributed by atoms with Gasteiger partial charge in [-0.15, -0.1) is 6.58 Å². The molecule has 0 bridgehead atoms. The quantitative estimate of drug-likeness (QED) is 0.593. The van der Waals surface area contributed by atoms with E-state index in [9.17, 15) is 9.59 Å². The van der Waals surface area contributed by atoms with Crippen molar-refractivity contribution in [3.63, 3.8) is 0 Å². The van der Waals surface area contributed by atoms with Gasteiger partial charge >= 0.3 is 5.97 Å². The van der Waals surface area contributed by atoms with E-state index in [0.717, 1.165) is 0 Å². The van der Waals surface area contributed by atoms with Crippen molar-refractivity contribution >= 4 is 11.9 Å². The molecular formula is C8H13NO3. The van der Waals surface area contributed by atoms with Crippen molar-refractivity contribution in [2.45, 2.75) is 25.8 Å². The van der Waals surface area contributed by atoms with Crippen LogP contribution in [-0.2, 0) is 9.59 Å². The van der Waals surface area contributed by atoms with Crippen LogP contribution < -0.4 is 5.32 Å². The maximum Gasteiger partial charge on any atom is 0.326 e. The van der Waals surface area contributed by atoms with E-state index in [-0.39, 0.29) is 5.91 Å². The lowest BCUT2D eigenvalue weighted by Gasteiger charge is -2.11. The van der Waals surface area contributed by atoms with Gasteiger partial charge in [-0.05, 0) is 12.8 Å². The summed E-state index contributed by atoms with van der Waals surface area (Å²) in [4.78, 5) is 21.0. The molecule has 0 heterocycles. The lowest BCUT2D eigenvalue weighted by Crippen LogP contribution is -2.39. The highest BCUT2D eigenvalue weighted by Crippen LogP contribution is 1.97. The summed E-state index contributed by atoms with van der Waals surface area (Å²) >= 11 is 0. The number of rotatable bonds is 5. The third kappa shape index (κ3) is 4.49. The van der Waals surface area contributed by atoms with Gasteiger partial charge in [0.2, 0.25) is 5.91 Å². The van der Waals surface area contributed by atoms with Crippen LogP contribution in [0.5, 0.6) is 0 Å². The van der Waals surface area contributed by atoms with Gasteiger partial charge in [0, 0.05) is 6.92 Å². The van der Waals surface area contributed by atoms with Gasteiger partial charge in [-0.1, -0.05) is 6.08 Å². The van der Waals surface area contributed by atoms with Crippen molar-refractivity contribution < 1.29 is 14.7 Å². The van der Waals surface area contributed by atoms with Crippen molar-refractivity contribution in [3.8, 4) is 0 Å². The maximum atomic E-state index is 10.5. The molecule has 0 aliphatic carbocycles. The zero-order valence-corrected chi connectivity index (χ0v) is 7.04. The largest absolute Gasteiger partial charge is 0.480 e. The standard InChI is InChI=1S/C8H13NO3/c1-3-4-5-7(8(11)12)9-6(2)10/h3,7H,1,4-5H2,2H3,(H,9,10)(H,11,12). The Kier molecular flexibility index (Phi) is 4.76. The summed E-state index contributed by atoms with van der Waals surface area (Å²) in [7, 11) is 0. The molecule has 0 aromatic carbocycles. The van der Waals surface area contributed by atoms with E-state index in [2.05, 4.69) is 11.9 Å². The summed E-state index contributed by atoms with van der Waals surface area (Å²) in [6, 6.07) is -0.791. The number of carbonyl (C=O) groups excluding carboxylic acids is 1. The van der Waals surface area contributed by atoms with Gasteiger partial charge in [-0.3, -0.25) is 4.79 Å². The molecule has 0 aliphatic rings. The Bertz CT molecular complexity index is 189. The molecule has 2 N–H and O–H groups in total. The van der Waals surface area contributed by atoms with Crippen LogP contribution in [0, 0.1) is 0 Å². The summed E-state index contributed by atoms with van der Waals surface area (Å²) < 4.78 is 0. The average molecular weight is 171 g/mol. The predicted octanol–water partition coefficient (Wildman–Crippen LogP) is 0.542. The number of nitrogens with one attached hydrogen (secondary N) is 1. The summed E-state index contributed by atoms with van der Waals surface area (Å²) in [5, 5.41) is 10.9. The molecule has 0 rings (SSSR count). The zero-order valence-electron chi connectivity index (χ0n) is 7.04. The van der Waals surface area contributed by atoms with E-state index in [1.807, 2.05) is 0 Å². The minimum absolute atomic E-state index is 0.327. The molecule has 1 amide bonds. The smallest absolute Gasteiger partial charge is 0.326 e. The Morgan fingerprint density at radius 2 is 2.25 bits per heavy atom.